The molecule has 0 amide bonds. The van der Waals surface area contributed by atoms with E-state index in [4.69, 9.17) is 11.2 Å². The third-order valence-corrected chi connectivity index (χ3v) is 5.65. The highest BCUT2D eigenvalue weighted by molar-refractivity contribution is 5.82. The van der Waals surface area contributed by atoms with Crippen LogP contribution in [0.25, 0.3) is 11.0 Å². The van der Waals surface area contributed by atoms with Crippen molar-refractivity contribution in [1.29, 1.82) is 0 Å². The van der Waals surface area contributed by atoms with E-state index >= 15 is 0 Å². The number of rotatable bonds is 6. The summed E-state index contributed by atoms with van der Waals surface area (Å²) in [5.41, 5.74) is 2.67. The summed E-state index contributed by atoms with van der Waals surface area (Å²) < 4.78 is 7.54. The van der Waals surface area contributed by atoms with Gasteiger partial charge >= 0.3 is 0 Å². The number of benzene rings is 1. The number of anilines is 3. The highest BCUT2D eigenvalue weighted by Crippen LogP contribution is 2.33. The summed E-state index contributed by atoms with van der Waals surface area (Å²) in [6, 6.07) is 7.48. The number of aromatic nitrogens is 3. The first-order valence-corrected chi connectivity index (χ1v) is 10.8. The SMILES string of the molecule is C#Cc1cc(=O)n(C)c2nc(Nc3ccc(N4CCN(C)CC4)c(OCCC)c3)ncc12. The summed E-state index contributed by atoms with van der Waals surface area (Å²) >= 11 is 0. The van der Waals surface area contributed by atoms with Crippen LogP contribution in [-0.2, 0) is 7.05 Å². The molecular weight excluding hydrogens is 404 g/mol. The molecule has 0 atom stereocenters. The van der Waals surface area contributed by atoms with Crippen molar-refractivity contribution < 1.29 is 4.74 Å². The van der Waals surface area contributed by atoms with Crippen molar-refractivity contribution in [3.8, 4) is 18.1 Å². The highest BCUT2D eigenvalue weighted by Gasteiger charge is 2.18. The maximum atomic E-state index is 12.2. The van der Waals surface area contributed by atoms with E-state index in [0.717, 1.165) is 49.7 Å². The quantitative estimate of drug-likeness (QED) is 0.600. The van der Waals surface area contributed by atoms with E-state index in [9.17, 15) is 4.79 Å². The molecule has 0 bridgehead atoms. The summed E-state index contributed by atoms with van der Waals surface area (Å²) in [5.74, 6) is 3.76. The van der Waals surface area contributed by atoms with Gasteiger partial charge < -0.3 is 19.9 Å². The Morgan fingerprint density at radius 2 is 1.97 bits per heavy atom. The molecule has 0 saturated carbocycles. The molecule has 1 N–H and O–H groups in total. The molecule has 0 spiro atoms. The van der Waals surface area contributed by atoms with Gasteiger partial charge in [0.15, 0.2) is 0 Å². The zero-order valence-electron chi connectivity index (χ0n) is 18.8. The van der Waals surface area contributed by atoms with Crippen LogP contribution in [0.4, 0.5) is 17.3 Å². The Labute approximate surface area is 187 Å². The number of piperazine rings is 1. The van der Waals surface area contributed by atoms with Crippen LogP contribution in [0.1, 0.15) is 18.9 Å². The van der Waals surface area contributed by atoms with E-state index in [1.165, 1.54) is 10.6 Å². The van der Waals surface area contributed by atoms with Crippen LogP contribution in [0.2, 0.25) is 0 Å². The molecule has 166 valence electrons. The van der Waals surface area contributed by atoms with Crippen LogP contribution in [0.3, 0.4) is 0 Å². The average Bonchev–Trinajstić information content (AvgIpc) is 2.81. The summed E-state index contributed by atoms with van der Waals surface area (Å²) in [5, 5.41) is 3.90. The average molecular weight is 433 g/mol. The predicted octanol–water partition coefficient (Wildman–Crippen LogP) is 2.59. The number of nitrogens with one attached hydrogen (secondary N) is 1. The van der Waals surface area contributed by atoms with Crippen LogP contribution >= 0.6 is 0 Å². The minimum atomic E-state index is -0.207. The van der Waals surface area contributed by atoms with Crippen LogP contribution in [0.15, 0.2) is 35.3 Å². The molecular formula is C24H28N6O2. The molecule has 0 aliphatic carbocycles. The second-order valence-corrected chi connectivity index (χ2v) is 7.98. The molecule has 3 aromatic rings. The van der Waals surface area contributed by atoms with Gasteiger partial charge in [-0.05, 0) is 25.6 Å². The number of likely N-dealkylation sites (N-methyl/N-ethyl adjacent to an activating group) is 1. The maximum Gasteiger partial charge on any atom is 0.253 e. The van der Waals surface area contributed by atoms with Gasteiger partial charge in [0.2, 0.25) is 5.95 Å². The fourth-order valence-corrected chi connectivity index (χ4v) is 3.76. The monoisotopic (exact) mass is 432 g/mol. The minimum Gasteiger partial charge on any atom is -0.491 e. The van der Waals surface area contributed by atoms with E-state index in [1.54, 1.807) is 13.2 Å². The number of fused-ring (bicyclic) bond motifs is 1. The van der Waals surface area contributed by atoms with Gasteiger partial charge in [-0.3, -0.25) is 9.36 Å². The smallest absolute Gasteiger partial charge is 0.253 e. The molecule has 1 aliphatic heterocycles. The van der Waals surface area contributed by atoms with Gasteiger partial charge in [-0.25, -0.2) is 4.98 Å². The third-order valence-electron chi connectivity index (χ3n) is 5.65. The molecule has 1 fully saturated rings. The fraction of sp³-hybridized carbons (Fsp3) is 0.375. The largest absolute Gasteiger partial charge is 0.491 e. The molecule has 0 unspecified atom stereocenters. The summed E-state index contributed by atoms with van der Waals surface area (Å²) in [6.45, 7) is 6.71. The lowest BCUT2D eigenvalue weighted by Crippen LogP contribution is -2.44. The summed E-state index contributed by atoms with van der Waals surface area (Å²) in [7, 11) is 3.81. The predicted molar refractivity (Wildman–Crippen MR) is 128 cm³/mol. The van der Waals surface area contributed by atoms with Crippen molar-refractivity contribution >= 4 is 28.4 Å². The second-order valence-electron chi connectivity index (χ2n) is 7.98. The molecule has 1 saturated heterocycles. The van der Waals surface area contributed by atoms with E-state index in [2.05, 4.69) is 51.0 Å². The Kier molecular flexibility index (Phi) is 6.28. The molecule has 1 aliphatic rings. The number of nitrogens with zero attached hydrogens (tertiary/aromatic N) is 5. The first-order valence-electron chi connectivity index (χ1n) is 10.8. The number of hydrogen-bond donors (Lipinski definition) is 1. The molecule has 8 heteroatoms. The second kappa shape index (κ2) is 9.28. The highest BCUT2D eigenvalue weighted by atomic mass is 16.5. The number of ether oxygens (including phenoxy) is 1. The molecule has 1 aromatic carbocycles. The summed E-state index contributed by atoms with van der Waals surface area (Å²) in [4.78, 5) is 25.8. The molecule has 32 heavy (non-hydrogen) atoms. The Balaban J connectivity index is 1.65. The third kappa shape index (κ3) is 4.39. The van der Waals surface area contributed by atoms with E-state index in [0.29, 0.717) is 29.2 Å². The van der Waals surface area contributed by atoms with Crippen molar-refractivity contribution in [1.82, 2.24) is 19.4 Å². The van der Waals surface area contributed by atoms with Gasteiger partial charge in [0.25, 0.3) is 5.56 Å². The lowest BCUT2D eigenvalue weighted by atomic mass is 10.2. The van der Waals surface area contributed by atoms with Crippen molar-refractivity contribution in [3.05, 3.63) is 46.4 Å². The lowest BCUT2D eigenvalue weighted by molar-refractivity contribution is 0.302. The van der Waals surface area contributed by atoms with E-state index < -0.39 is 0 Å². The Morgan fingerprint density at radius 1 is 1.19 bits per heavy atom. The Hall–Kier alpha value is -3.57. The van der Waals surface area contributed by atoms with Gasteiger partial charge in [0, 0.05) is 62.8 Å². The standard InChI is InChI=1S/C24H28N6O2/c1-5-13-32-21-15-18(7-8-20(21)30-11-9-28(3)10-12-30)26-24-25-16-19-17(6-2)14-22(31)29(4)23(19)27-24/h2,7-8,14-16H,5,9-13H2,1,3-4H3,(H,25,26,27). The van der Waals surface area contributed by atoms with Crippen LogP contribution in [0.5, 0.6) is 5.75 Å². The van der Waals surface area contributed by atoms with Gasteiger partial charge in [0.05, 0.1) is 17.7 Å². The Bertz CT molecular complexity index is 1220. The van der Waals surface area contributed by atoms with Gasteiger partial charge in [0.1, 0.15) is 11.4 Å². The van der Waals surface area contributed by atoms with E-state index in [1.807, 2.05) is 12.1 Å². The fourth-order valence-electron chi connectivity index (χ4n) is 3.76. The number of terminal acetylenes is 1. The van der Waals surface area contributed by atoms with Crippen LogP contribution in [-0.4, -0.2) is 59.3 Å². The molecule has 0 radical (unpaired) electrons. The maximum absolute atomic E-state index is 12.2. The van der Waals surface area contributed by atoms with Gasteiger partial charge in [-0.1, -0.05) is 12.8 Å². The number of hydrogen-bond acceptors (Lipinski definition) is 7. The minimum absolute atomic E-state index is 0.207. The van der Waals surface area contributed by atoms with Crippen molar-refractivity contribution in [3.63, 3.8) is 0 Å². The summed E-state index contributed by atoms with van der Waals surface area (Å²) in [6.07, 6.45) is 8.12. The molecule has 3 heterocycles. The van der Waals surface area contributed by atoms with Crippen molar-refractivity contribution in [2.24, 2.45) is 7.05 Å². The molecule has 2 aromatic heterocycles. The van der Waals surface area contributed by atoms with Gasteiger partial charge in [-0.2, -0.15) is 4.98 Å². The van der Waals surface area contributed by atoms with Crippen LogP contribution < -0.4 is 20.5 Å². The van der Waals surface area contributed by atoms with Gasteiger partial charge in [-0.15, -0.1) is 6.42 Å². The zero-order chi connectivity index (χ0) is 22.7. The molecule has 4 rings (SSSR count). The first kappa shape index (κ1) is 21.7. The normalized spacial score (nSPS) is 14.4. The molecule has 8 nitrogen and oxygen atoms in total. The van der Waals surface area contributed by atoms with Crippen LogP contribution in [0, 0.1) is 12.3 Å². The topological polar surface area (TPSA) is 75.5 Å². The van der Waals surface area contributed by atoms with Crippen molar-refractivity contribution in [2.75, 3.05) is 50.1 Å². The Morgan fingerprint density at radius 3 is 2.69 bits per heavy atom. The van der Waals surface area contributed by atoms with Crippen molar-refractivity contribution in [2.45, 2.75) is 13.3 Å². The number of pyridine rings is 1. The zero-order valence-corrected chi connectivity index (χ0v) is 18.8. The lowest BCUT2D eigenvalue weighted by Gasteiger charge is -2.35. The first-order chi connectivity index (χ1) is 15.5. The van der Waals surface area contributed by atoms with E-state index in [-0.39, 0.29) is 5.56 Å². The number of aryl methyl sites for hydroxylation is 1.